The number of carbonyl (C=O) groups is 1. The summed E-state index contributed by atoms with van der Waals surface area (Å²) in [5.41, 5.74) is 4.09. The first-order valence-corrected chi connectivity index (χ1v) is 11.0. The van der Waals surface area contributed by atoms with Gasteiger partial charge in [0.05, 0.1) is 17.5 Å². The van der Waals surface area contributed by atoms with Crippen LogP contribution in [0.3, 0.4) is 0 Å². The summed E-state index contributed by atoms with van der Waals surface area (Å²) in [5.74, 6) is -0.600. The first-order valence-electron chi connectivity index (χ1n) is 9.11. The number of aromatic nitrogens is 1. The van der Waals surface area contributed by atoms with Gasteiger partial charge in [-0.3, -0.25) is 4.79 Å². The molecule has 4 rings (SSSR count). The van der Waals surface area contributed by atoms with Gasteiger partial charge in [-0.1, -0.05) is 36.4 Å². The maximum Gasteiger partial charge on any atom is 0.264 e. The van der Waals surface area contributed by atoms with Crippen molar-refractivity contribution in [2.45, 2.75) is 0 Å². The summed E-state index contributed by atoms with van der Waals surface area (Å²) < 4.78 is 24.4. The molecule has 0 atom stereocenters. The molecule has 4 aromatic rings. The minimum atomic E-state index is -3.63. The Morgan fingerprint density at radius 1 is 0.867 bits per heavy atom. The predicted octanol–water partition coefficient (Wildman–Crippen LogP) is 3.96. The van der Waals surface area contributed by atoms with Gasteiger partial charge >= 0.3 is 0 Å². The van der Waals surface area contributed by atoms with Crippen LogP contribution in [0.1, 0.15) is 10.4 Å². The minimum Gasteiger partial charge on any atom is -0.508 e. The summed E-state index contributed by atoms with van der Waals surface area (Å²) in [5, 5.41) is 11.3. The standard InChI is InChI=1S/C23H18N2O4S/c1-30(28,29)25-23(27)17-8-6-15(7-9-17)18-12-19(14-20(26)13-18)22-11-10-16-4-2-3-5-21(16)24-22/h2-14,26H,1H3,(H,25,27). The average molecular weight is 418 g/mol. The molecule has 0 spiro atoms. The third-order valence-electron chi connectivity index (χ3n) is 4.57. The highest BCUT2D eigenvalue weighted by Gasteiger charge is 2.12. The van der Waals surface area contributed by atoms with E-state index in [0.717, 1.165) is 39.5 Å². The van der Waals surface area contributed by atoms with Crippen molar-refractivity contribution in [3.63, 3.8) is 0 Å². The Morgan fingerprint density at radius 3 is 2.30 bits per heavy atom. The van der Waals surface area contributed by atoms with E-state index >= 15 is 0 Å². The number of pyridine rings is 1. The molecule has 1 heterocycles. The van der Waals surface area contributed by atoms with Crippen molar-refractivity contribution in [1.82, 2.24) is 9.71 Å². The Morgan fingerprint density at radius 2 is 1.57 bits per heavy atom. The number of phenols is 1. The maximum absolute atomic E-state index is 12.0. The average Bonchev–Trinajstić information content (AvgIpc) is 2.72. The summed E-state index contributed by atoms with van der Waals surface area (Å²) in [6.45, 7) is 0. The van der Waals surface area contributed by atoms with Crippen LogP contribution in [-0.4, -0.2) is 30.7 Å². The second-order valence-electron chi connectivity index (χ2n) is 6.94. The number of hydrogen-bond acceptors (Lipinski definition) is 5. The smallest absolute Gasteiger partial charge is 0.264 e. The molecule has 2 N–H and O–H groups in total. The van der Waals surface area contributed by atoms with Crippen molar-refractivity contribution in [2.75, 3.05) is 6.26 Å². The number of rotatable bonds is 4. The molecule has 3 aromatic carbocycles. The number of para-hydroxylation sites is 1. The van der Waals surface area contributed by atoms with E-state index in [1.807, 2.05) is 47.2 Å². The van der Waals surface area contributed by atoms with Gasteiger partial charge in [0.25, 0.3) is 5.91 Å². The number of nitrogens with one attached hydrogen (secondary N) is 1. The fourth-order valence-electron chi connectivity index (χ4n) is 3.19. The largest absolute Gasteiger partial charge is 0.508 e. The molecular formula is C23H18N2O4S. The highest BCUT2D eigenvalue weighted by Crippen LogP contribution is 2.31. The molecule has 1 aromatic heterocycles. The van der Waals surface area contributed by atoms with Crippen LogP contribution >= 0.6 is 0 Å². The second-order valence-corrected chi connectivity index (χ2v) is 8.69. The van der Waals surface area contributed by atoms with E-state index in [1.54, 1.807) is 24.3 Å². The van der Waals surface area contributed by atoms with Gasteiger partial charge in [-0.15, -0.1) is 0 Å². The summed E-state index contributed by atoms with van der Waals surface area (Å²) in [7, 11) is -3.63. The molecule has 0 radical (unpaired) electrons. The van der Waals surface area contributed by atoms with Crippen LogP contribution < -0.4 is 4.72 Å². The Hall–Kier alpha value is -3.71. The van der Waals surface area contributed by atoms with Crippen LogP contribution in [-0.2, 0) is 10.0 Å². The van der Waals surface area contributed by atoms with Crippen LogP contribution in [0.25, 0.3) is 33.3 Å². The Balaban J connectivity index is 1.68. The normalized spacial score (nSPS) is 11.4. The number of benzene rings is 3. The van der Waals surface area contributed by atoms with Crippen LogP contribution in [0.4, 0.5) is 0 Å². The van der Waals surface area contributed by atoms with Crippen LogP contribution in [0.2, 0.25) is 0 Å². The van der Waals surface area contributed by atoms with Crippen LogP contribution in [0, 0.1) is 0 Å². The van der Waals surface area contributed by atoms with Crippen LogP contribution in [0.5, 0.6) is 5.75 Å². The molecule has 0 aliphatic carbocycles. The van der Waals surface area contributed by atoms with Gasteiger partial charge in [0.1, 0.15) is 5.75 Å². The first-order chi connectivity index (χ1) is 14.3. The summed E-state index contributed by atoms with van der Waals surface area (Å²) >= 11 is 0. The number of hydrogen-bond donors (Lipinski definition) is 2. The van der Waals surface area contributed by atoms with E-state index in [1.165, 1.54) is 12.1 Å². The molecule has 150 valence electrons. The summed E-state index contributed by atoms with van der Waals surface area (Å²) in [6, 6.07) is 23.3. The number of carbonyl (C=O) groups excluding carboxylic acids is 1. The fraction of sp³-hybridized carbons (Fsp3) is 0.0435. The monoisotopic (exact) mass is 418 g/mol. The molecule has 0 saturated heterocycles. The number of amides is 1. The quantitative estimate of drug-likeness (QED) is 0.523. The summed E-state index contributed by atoms with van der Waals surface area (Å²) in [4.78, 5) is 16.6. The predicted molar refractivity (Wildman–Crippen MR) is 117 cm³/mol. The topological polar surface area (TPSA) is 96.4 Å². The summed E-state index contributed by atoms with van der Waals surface area (Å²) in [6.07, 6.45) is 0.925. The highest BCUT2D eigenvalue weighted by molar-refractivity contribution is 7.89. The Labute approximate surface area is 173 Å². The lowest BCUT2D eigenvalue weighted by molar-refractivity contribution is 0.0981. The van der Waals surface area contributed by atoms with Crippen molar-refractivity contribution in [3.05, 3.63) is 84.4 Å². The number of aromatic hydroxyl groups is 1. The molecule has 0 unspecified atom stereocenters. The molecule has 0 fully saturated rings. The van der Waals surface area contributed by atoms with Crippen LogP contribution in [0.15, 0.2) is 78.9 Å². The number of nitrogens with zero attached hydrogens (tertiary/aromatic N) is 1. The molecule has 6 nitrogen and oxygen atoms in total. The zero-order chi connectivity index (χ0) is 21.3. The lowest BCUT2D eigenvalue weighted by Crippen LogP contribution is -2.29. The van der Waals surface area contributed by atoms with Crippen molar-refractivity contribution in [3.8, 4) is 28.1 Å². The van der Waals surface area contributed by atoms with E-state index in [0.29, 0.717) is 0 Å². The van der Waals surface area contributed by atoms with E-state index < -0.39 is 15.9 Å². The molecular weight excluding hydrogens is 400 g/mol. The SMILES string of the molecule is CS(=O)(=O)NC(=O)c1ccc(-c2cc(O)cc(-c3ccc4ccccc4n3)c2)cc1. The van der Waals surface area contributed by atoms with E-state index in [-0.39, 0.29) is 11.3 Å². The van der Waals surface area contributed by atoms with E-state index in [4.69, 9.17) is 0 Å². The molecule has 0 aliphatic rings. The third kappa shape index (κ3) is 4.31. The third-order valence-corrected chi connectivity index (χ3v) is 5.13. The van der Waals surface area contributed by atoms with Gasteiger partial charge in [0.2, 0.25) is 10.0 Å². The van der Waals surface area contributed by atoms with Gasteiger partial charge in [0, 0.05) is 16.5 Å². The fourth-order valence-corrected chi connectivity index (χ4v) is 3.65. The van der Waals surface area contributed by atoms with Crippen molar-refractivity contribution < 1.29 is 18.3 Å². The highest BCUT2D eigenvalue weighted by atomic mass is 32.2. The van der Waals surface area contributed by atoms with Gasteiger partial charge in [-0.25, -0.2) is 18.1 Å². The minimum absolute atomic E-state index is 0.0938. The van der Waals surface area contributed by atoms with Gasteiger partial charge in [-0.2, -0.15) is 0 Å². The van der Waals surface area contributed by atoms with Gasteiger partial charge in [0.15, 0.2) is 0 Å². The second kappa shape index (κ2) is 7.61. The van der Waals surface area contributed by atoms with E-state index in [2.05, 4.69) is 4.98 Å². The molecule has 7 heteroatoms. The maximum atomic E-state index is 12.0. The van der Waals surface area contributed by atoms with E-state index in [9.17, 15) is 18.3 Å². The van der Waals surface area contributed by atoms with Crippen molar-refractivity contribution in [1.29, 1.82) is 0 Å². The van der Waals surface area contributed by atoms with Gasteiger partial charge in [-0.05, 0) is 53.6 Å². The molecule has 0 saturated carbocycles. The Bertz CT molecular complexity index is 1360. The molecule has 0 bridgehead atoms. The van der Waals surface area contributed by atoms with Gasteiger partial charge < -0.3 is 5.11 Å². The number of sulfonamides is 1. The number of phenolic OH excluding ortho intramolecular Hbond substituents is 1. The zero-order valence-electron chi connectivity index (χ0n) is 16.0. The lowest BCUT2D eigenvalue weighted by atomic mass is 9.99. The first kappa shape index (κ1) is 19.6. The molecule has 1 amide bonds. The van der Waals surface area contributed by atoms with Crippen molar-refractivity contribution in [2.24, 2.45) is 0 Å². The molecule has 30 heavy (non-hydrogen) atoms. The molecule has 0 aliphatic heterocycles. The van der Waals surface area contributed by atoms with Crippen molar-refractivity contribution >= 4 is 26.8 Å². The number of fused-ring (bicyclic) bond motifs is 1. The lowest BCUT2D eigenvalue weighted by Gasteiger charge is -2.09. The zero-order valence-corrected chi connectivity index (χ0v) is 16.8. The Kier molecular flexibility index (Phi) is 4.97.